The molecule has 0 aliphatic carbocycles. The molecule has 0 spiro atoms. The number of esters is 1. The summed E-state index contributed by atoms with van der Waals surface area (Å²) in [6.07, 6.45) is -0.0652. The Morgan fingerprint density at radius 2 is 1.96 bits per heavy atom. The van der Waals surface area contributed by atoms with Gasteiger partial charge in [0.05, 0.1) is 35.9 Å². The van der Waals surface area contributed by atoms with Crippen molar-refractivity contribution in [1.29, 1.82) is 0 Å². The molecule has 2 rings (SSSR count). The van der Waals surface area contributed by atoms with Crippen molar-refractivity contribution in [2.75, 3.05) is 13.7 Å². The molecular formula is C18H22Br2N2O5. The summed E-state index contributed by atoms with van der Waals surface area (Å²) in [7, 11) is 1.30. The minimum absolute atomic E-state index is 0.0652. The number of benzene rings is 1. The summed E-state index contributed by atoms with van der Waals surface area (Å²) in [4.78, 5) is 24.4. The molecule has 0 saturated carbocycles. The zero-order valence-electron chi connectivity index (χ0n) is 15.7. The summed E-state index contributed by atoms with van der Waals surface area (Å²) in [5.41, 5.74) is 1.37. The van der Waals surface area contributed by atoms with Crippen molar-refractivity contribution >= 4 is 43.9 Å². The van der Waals surface area contributed by atoms with Crippen LogP contribution in [0.25, 0.3) is 0 Å². The first-order chi connectivity index (χ1) is 12.7. The van der Waals surface area contributed by atoms with E-state index in [0.717, 1.165) is 0 Å². The molecule has 7 nitrogen and oxygen atoms in total. The van der Waals surface area contributed by atoms with Crippen LogP contribution in [-0.4, -0.2) is 31.8 Å². The van der Waals surface area contributed by atoms with Gasteiger partial charge in [-0.1, -0.05) is 0 Å². The summed E-state index contributed by atoms with van der Waals surface area (Å²) in [6.45, 7) is 7.78. The Labute approximate surface area is 175 Å². The molecule has 1 aromatic rings. The number of methoxy groups -OCH3 is 1. The van der Waals surface area contributed by atoms with Gasteiger partial charge in [0.2, 0.25) is 0 Å². The van der Waals surface area contributed by atoms with Crippen molar-refractivity contribution in [3.63, 3.8) is 0 Å². The Bertz CT molecular complexity index is 792. The highest BCUT2D eigenvalue weighted by Gasteiger charge is 2.34. The third-order valence-corrected chi connectivity index (χ3v) is 5.94. The van der Waals surface area contributed by atoms with Crippen LogP contribution in [0.1, 0.15) is 39.3 Å². The smallest absolute Gasteiger partial charge is 0.337 e. The minimum Gasteiger partial charge on any atom is -0.490 e. The predicted octanol–water partition coefficient (Wildman–Crippen LogP) is 4.20. The molecule has 2 amide bonds. The van der Waals surface area contributed by atoms with Crippen molar-refractivity contribution < 1.29 is 23.8 Å². The van der Waals surface area contributed by atoms with Crippen molar-refractivity contribution in [2.45, 2.75) is 39.8 Å². The second-order valence-electron chi connectivity index (χ2n) is 6.08. The van der Waals surface area contributed by atoms with Crippen LogP contribution in [-0.2, 0) is 9.53 Å². The fourth-order valence-corrected chi connectivity index (χ4v) is 3.77. The number of amides is 2. The maximum Gasteiger partial charge on any atom is 0.337 e. The predicted molar refractivity (Wildman–Crippen MR) is 108 cm³/mol. The van der Waals surface area contributed by atoms with Crippen molar-refractivity contribution in [2.24, 2.45) is 0 Å². The number of carbonyl (C=O) groups excluding carboxylic acids is 2. The van der Waals surface area contributed by atoms with Gasteiger partial charge >= 0.3 is 12.0 Å². The van der Waals surface area contributed by atoms with E-state index in [2.05, 4.69) is 42.5 Å². The summed E-state index contributed by atoms with van der Waals surface area (Å²) in [5, 5.41) is 5.37. The normalized spacial score (nSPS) is 16.7. The summed E-state index contributed by atoms with van der Waals surface area (Å²) in [5.74, 6) is 0.516. The Morgan fingerprint density at radius 1 is 1.30 bits per heavy atom. The van der Waals surface area contributed by atoms with E-state index in [4.69, 9.17) is 14.2 Å². The van der Waals surface area contributed by atoms with Gasteiger partial charge in [0.15, 0.2) is 11.5 Å². The fraction of sp³-hybridized carbons (Fsp3) is 0.444. The zero-order valence-corrected chi connectivity index (χ0v) is 18.9. The van der Waals surface area contributed by atoms with E-state index in [0.29, 0.717) is 43.9 Å². The highest BCUT2D eigenvalue weighted by Crippen LogP contribution is 2.46. The maximum atomic E-state index is 12.3. The first kappa shape index (κ1) is 21.6. The lowest BCUT2D eigenvalue weighted by Crippen LogP contribution is -2.45. The van der Waals surface area contributed by atoms with E-state index in [1.807, 2.05) is 20.8 Å². The molecule has 0 aromatic heterocycles. The van der Waals surface area contributed by atoms with Crippen LogP contribution in [0, 0.1) is 0 Å². The van der Waals surface area contributed by atoms with E-state index < -0.39 is 18.0 Å². The SMILES string of the molecule is CCOc1cc([C@H]2NC(=O)NC(C)=C2C(=O)OC)c(Br)c(Br)c1OC(C)C. The van der Waals surface area contributed by atoms with E-state index in [-0.39, 0.29) is 6.10 Å². The lowest BCUT2D eigenvalue weighted by Gasteiger charge is -2.29. The Hall–Kier alpha value is -1.74. The molecule has 1 atom stereocenters. The van der Waals surface area contributed by atoms with Gasteiger partial charge in [-0.25, -0.2) is 9.59 Å². The number of halogens is 2. The number of carbonyl (C=O) groups is 2. The monoisotopic (exact) mass is 504 g/mol. The van der Waals surface area contributed by atoms with Crippen molar-refractivity contribution in [1.82, 2.24) is 10.6 Å². The molecule has 0 radical (unpaired) electrons. The van der Waals surface area contributed by atoms with Crippen molar-refractivity contribution in [3.8, 4) is 11.5 Å². The Morgan fingerprint density at radius 3 is 2.52 bits per heavy atom. The fourth-order valence-electron chi connectivity index (χ4n) is 2.73. The van der Waals surface area contributed by atoms with Crippen LogP contribution >= 0.6 is 31.9 Å². The number of hydrogen-bond donors (Lipinski definition) is 2. The molecule has 2 N–H and O–H groups in total. The molecule has 148 valence electrons. The number of urea groups is 1. The average molecular weight is 506 g/mol. The van der Waals surface area contributed by atoms with Gasteiger partial charge in [-0.05, 0) is 71.2 Å². The molecule has 9 heteroatoms. The molecule has 1 aliphatic heterocycles. The quantitative estimate of drug-likeness (QED) is 0.566. The van der Waals surface area contributed by atoms with E-state index >= 15 is 0 Å². The van der Waals surface area contributed by atoms with E-state index in [1.54, 1.807) is 13.0 Å². The largest absolute Gasteiger partial charge is 0.490 e. The molecular weight excluding hydrogens is 484 g/mol. The van der Waals surface area contributed by atoms with Crippen LogP contribution in [0.4, 0.5) is 4.79 Å². The molecule has 0 unspecified atom stereocenters. The van der Waals surface area contributed by atoms with Gasteiger partial charge in [0.1, 0.15) is 0 Å². The zero-order chi connectivity index (χ0) is 20.3. The van der Waals surface area contributed by atoms with Crippen LogP contribution < -0.4 is 20.1 Å². The summed E-state index contributed by atoms with van der Waals surface area (Å²) in [6, 6.07) is 0.626. The standard InChI is InChI=1S/C18H22Br2N2O5/c1-6-26-11-7-10(13(19)14(20)16(11)27-8(2)3)15-12(17(23)25-5)9(4)21-18(24)22-15/h7-8,15H,6H2,1-5H3,(H2,21,22,24)/t15-/m1/s1. The first-order valence-corrected chi connectivity index (χ1v) is 9.97. The van der Waals surface area contributed by atoms with Gasteiger partial charge in [-0.3, -0.25) is 0 Å². The molecule has 0 bridgehead atoms. The first-order valence-electron chi connectivity index (χ1n) is 8.39. The molecule has 0 fully saturated rings. The average Bonchev–Trinajstić information content (AvgIpc) is 2.59. The second kappa shape index (κ2) is 8.97. The topological polar surface area (TPSA) is 85.9 Å². The van der Waals surface area contributed by atoms with Gasteiger partial charge < -0.3 is 24.8 Å². The summed E-state index contributed by atoms with van der Waals surface area (Å²) >= 11 is 7.09. The molecule has 1 heterocycles. The van der Waals surface area contributed by atoms with Gasteiger partial charge in [0, 0.05) is 10.2 Å². The van der Waals surface area contributed by atoms with Crippen molar-refractivity contribution in [3.05, 3.63) is 31.8 Å². The van der Waals surface area contributed by atoms with Crippen LogP contribution in [0.2, 0.25) is 0 Å². The lowest BCUT2D eigenvalue weighted by atomic mass is 9.95. The number of hydrogen-bond acceptors (Lipinski definition) is 5. The number of ether oxygens (including phenoxy) is 3. The van der Waals surface area contributed by atoms with E-state index in [1.165, 1.54) is 7.11 Å². The molecule has 27 heavy (non-hydrogen) atoms. The third-order valence-electron chi connectivity index (χ3n) is 3.79. The lowest BCUT2D eigenvalue weighted by molar-refractivity contribution is -0.136. The molecule has 0 saturated heterocycles. The molecule has 1 aromatic carbocycles. The number of rotatable bonds is 6. The second-order valence-corrected chi connectivity index (χ2v) is 7.67. The molecule has 1 aliphatic rings. The number of nitrogens with one attached hydrogen (secondary N) is 2. The van der Waals surface area contributed by atoms with Crippen LogP contribution in [0.3, 0.4) is 0 Å². The van der Waals surface area contributed by atoms with Crippen LogP contribution in [0.15, 0.2) is 26.3 Å². The highest BCUT2D eigenvalue weighted by atomic mass is 79.9. The summed E-state index contributed by atoms with van der Waals surface area (Å²) < 4.78 is 17.8. The highest BCUT2D eigenvalue weighted by molar-refractivity contribution is 9.13. The Balaban J connectivity index is 2.67. The van der Waals surface area contributed by atoms with Gasteiger partial charge in [-0.2, -0.15) is 0 Å². The Kier molecular flexibility index (Phi) is 7.16. The van der Waals surface area contributed by atoms with Crippen LogP contribution in [0.5, 0.6) is 11.5 Å². The number of allylic oxidation sites excluding steroid dienone is 1. The minimum atomic E-state index is -0.718. The third kappa shape index (κ3) is 4.57. The maximum absolute atomic E-state index is 12.3. The van der Waals surface area contributed by atoms with E-state index in [9.17, 15) is 9.59 Å². The van der Waals surface area contributed by atoms with Gasteiger partial charge in [-0.15, -0.1) is 0 Å². The van der Waals surface area contributed by atoms with Gasteiger partial charge in [0.25, 0.3) is 0 Å².